The van der Waals surface area contributed by atoms with Crippen molar-refractivity contribution >= 4 is 48.2 Å². The molecule has 104 valence electrons. The third-order valence-corrected chi connectivity index (χ3v) is 2.92. The Balaban J connectivity index is 0.00000144. The van der Waals surface area contributed by atoms with Crippen LogP contribution in [-0.4, -0.2) is 55.1 Å². The van der Waals surface area contributed by atoms with Gasteiger partial charge in [0.15, 0.2) is 0 Å². The molecule has 1 aliphatic rings. The number of aromatic nitrogens is 2. The van der Waals surface area contributed by atoms with E-state index in [1.54, 1.807) is 6.07 Å². The number of halogens is 3. The van der Waals surface area contributed by atoms with Gasteiger partial charge in [-0.1, -0.05) is 11.6 Å². The first-order valence-electron chi connectivity index (χ1n) is 5.35. The molecule has 0 spiro atoms. The molecule has 0 saturated carbocycles. The monoisotopic (exact) mass is 313 g/mol. The Morgan fingerprint density at radius 3 is 2.33 bits per heavy atom. The summed E-state index contributed by atoms with van der Waals surface area (Å²) in [7, 11) is 3.95. The summed E-state index contributed by atoms with van der Waals surface area (Å²) in [6.07, 6.45) is 0. The molecular formula is C10H18Cl3N5. The van der Waals surface area contributed by atoms with Crippen molar-refractivity contribution in [1.82, 2.24) is 14.9 Å². The number of nitrogens with one attached hydrogen (secondary N) is 1. The van der Waals surface area contributed by atoms with Crippen LogP contribution in [0.25, 0.3) is 0 Å². The van der Waals surface area contributed by atoms with Crippen LogP contribution in [0.1, 0.15) is 0 Å². The Bertz CT molecular complexity index is 369. The molecule has 0 amide bonds. The molecule has 8 heteroatoms. The second-order valence-electron chi connectivity index (χ2n) is 3.92. The second-order valence-corrected chi connectivity index (χ2v) is 4.30. The number of hydrogen-bond donors (Lipinski definition) is 1. The highest BCUT2D eigenvalue weighted by molar-refractivity contribution is 6.29. The van der Waals surface area contributed by atoms with Gasteiger partial charge in [0.05, 0.1) is 0 Å². The molecule has 1 aromatic heterocycles. The lowest BCUT2D eigenvalue weighted by Gasteiger charge is -2.32. The summed E-state index contributed by atoms with van der Waals surface area (Å²) in [6, 6.07) is 1.72. The van der Waals surface area contributed by atoms with Crippen molar-refractivity contribution in [3.05, 3.63) is 11.2 Å². The molecule has 1 aliphatic heterocycles. The van der Waals surface area contributed by atoms with E-state index >= 15 is 0 Å². The SMILES string of the molecule is CNc1cc(Cl)nc(N2CCN(C)CC2)n1.Cl.Cl. The van der Waals surface area contributed by atoms with Crippen molar-refractivity contribution < 1.29 is 0 Å². The molecule has 0 bridgehead atoms. The smallest absolute Gasteiger partial charge is 0.228 e. The van der Waals surface area contributed by atoms with Crippen LogP contribution >= 0.6 is 36.4 Å². The summed E-state index contributed by atoms with van der Waals surface area (Å²) in [5, 5.41) is 3.46. The van der Waals surface area contributed by atoms with Crippen molar-refractivity contribution in [3.8, 4) is 0 Å². The highest BCUT2D eigenvalue weighted by Crippen LogP contribution is 2.17. The van der Waals surface area contributed by atoms with E-state index in [2.05, 4.69) is 32.1 Å². The summed E-state index contributed by atoms with van der Waals surface area (Å²) >= 11 is 5.95. The van der Waals surface area contributed by atoms with Gasteiger partial charge in [0, 0.05) is 39.3 Å². The molecule has 2 rings (SSSR count). The molecule has 18 heavy (non-hydrogen) atoms. The van der Waals surface area contributed by atoms with Gasteiger partial charge in [-0.25, -0.2) is 4.98 Å². The van der Waals surface area contributed by atoms with Crippen molar-refractivity contribution in [2.75, 3.05) is 50.5 Å². The highest BCUT2D eigenvalue weighted by atomic mass is 35.5. The Hall–Kier alpha value is -0.490. The lowest BCUT2D eigenvalue weighted by molar-refractivity contribution is 0.311. The molecule has 0 atom stereocenters. The van der Waals surface area contributed by atoms with E-state index in [-0.39, 0.29) is 24.8 Å². The van der Waals surface area contributed by atoms with Crippen LogP contribution < -0.4 is 10.2 Å². The molecular weight excluding hydrogens is 297 g/mol. The fraction of sp³-hybridized carbons (Fsp3) is 0.600. The van der Waals surface area contributed by atoms with Crippen LogP contribution in [-0.2, 0) is 0 Å². The maximum absolute atomic E-state index is 5.95. The van der Waals surface area contributed by atoms with E-state index < -0.39 is 0 Å². The standard InChI is InChI=1S/C10H16ClN5.2ClH/c1-12-9-7-8(11)13-10(14-9)16-5-3-15(2)4-6-16;;/h7H,3-6H2,1-2H3,(H,12,13,14);2*1H. The molecule has 5 nitrogen and oxygen atoms in total. The normalized spacial score (nSPS) is 15.6. The molecule has 2 heterocycles. The van der Waals surface area contributed by atoms with E-state index in [1.165, 1.54) is 0 Å². The summed E-state index contributed by atoms with van der Waals surface area (Å²) in [4.78, 5) is 13.1. The fourth-order valence-corrected chi connectivity index (χ4v) is 1.86. The first-order chi connectivity index (χ1) is 7.69. The van der Waals surface area contributed by atoms with Gasteiger partial charge in [-0.3, -0.25) is 0 Å². The Morgan fingerprint density at radius 2 is 1.78 bits per heavy atom. The first kappa shape index (κ1) is 17.5. The summed E-state index contributed by atoms with van der Waals surface area (Å²) in [6.45, 7) is 3.95. The van der Waals surface area contributed by atoms with E-state index in [4.69, 9.17) is 11.6 Å². The van der Waals surface area contributed by atoms with Gasteiger partial charge in [-0.2, -0.15) is 4.98 Å². The quantitative estimate of drug-likeness (QED) is 0.843. The number of likely N-dealkylation sites (N-methyl/N-ethyl adjacent to an activating group) is 1. The highest BCUT2D eigenvalue weighted by Gasteiger charge is 2.17. The van der Waals surface area contributed by atoms with Crippen LogP contribution in [0.5, 0.6) is 0 Å². The van der Waals surface area contributed by atoms with Crippen molar-refractivity contribution in [3.63, 3.8) is 0 Å². The van der Waals surface area contributed by atoms with Gasteiger partial charge in [0.2, 0.25) is 5.95 Å². The molecule has 0 unspecified atom stereocenters. The minimum absolute atomic E-state index is 0. The van der Waals surface area contributed by atoms with Crippen molar-refractivity contribution in [2.24, 2.45) is 0 Å². The third kappa shape index (κ3) is 4.31. The van der Waals surface area contributed by atoms with Crippen molar-refractivity contribution in [2.45, 2.75) is 0 Å². The summed E-state index contributed by atoms with van der Waals surface area (Å²) < 4.78 is 0. The van der Waals surface area contributed by atoms with Crippen molar-refractivity contribution in [1.29, 1.82) is 0 Å². The molecule has 1 saturated heterocycles. The summed E-state index contributed by atoms with van der Waals surface area (Å²) in [5.74, 6) is 1.47. The van der Waals surface area contributed by atoms with Crippen LogP contribution in [0.2, 0.25) is 5.15 Å². The van der Waals surface area contributed by atoms with Crippen LogP contribution in [0.3, 0.4) is 0 Å². The van der Waals surface area contributed by atoms with Gasteiger partial charge in [-0.15, -0.1) is 24.8 Å². The van der Waals surface area contributed by atoms with Gasteiger partial charge in [0.25, 0.3) is 0 Å². The lowest BCUT2D eigenvalue weighted by atomic mass is 10.3. The van der Waals surface area contributed by atoms with Crippen LogP contribution in [0, 0.1) is 0 Å². The van der Waals surface area contributed by atoms with E-state index in [9.17, 15) is 0 Å². The Labute approximate surface area is 125 Å². The molecule has 1 aromatic rings. The van der Waals surface area contributed by atoms with Gasteiger partial charge in [-0.05, 0) is 7.05 Å². The van der Waals surface area contributed by atoms with Gasteiger partial charge >= 0.3 is 0 Å². The van der Waals surface area contributed by atoms with E-state index in [1.807, 2.05) is 7.05 Å². The van der Waals surface area contributed by atoms with E-state index in [0.29, 0.717) is 11.1 Å². The number of hydrogen-bond acceptors (Lipinski definition) is 5. The average Bonchev–Trinajstić information content (AvgIpc) is 2.29. The largest absolute Gasteiger partial charge is 0.373 e. The Morgan fingerprint density at radius 1 is 1.17 bits per heavy atom. The minimum atomic E-state index is 0. The Kier molecular flexibility index (Phi) is 7.62. The molecule has 0 radical (unpaired) electrons. The third-order valence-electron chi connectivity index (χ3n) is 2.73. The number of anilines is 2. The molecule has 0 aliphatic carbocycles. The molecule has 1 N–H and O–H groups in total. The topological polar surface area (TPSA) is 44.3 Å². The second kappa shape index (κ2) is 7.84. The number of nitrogens with zero attached hydrogens (tertiary/aromatic N) is 4. The van der Waals surface area contributed by atoms with Gasteiger partial charge < -0.3 is 15.1 Å². The van der Waals surface area contributed by atoms with Crippen LogP contribution in [0.4, 0.5) is 11.8 Å². The van der Waals surface area contributed by atoms with Gasteiger partial charge in [0.1, 0.15) is 11.0 Å². The maximum Gasteiger partial charge on any atom is 0.228 e. The van der Waals surface area contributed by atoms with Crippen LogP contribution in [0.15, 0.2) is 6.07 Å². The average molecular weight is 315 g/mol. The van der Waals surface area contributed by atoms with E-state index in [0.717, 1.165) is 32.0 Å². The summed E-state index contributed by atoms with van der Waals surface area (Å²) in [5.41, 5.74) is 0. The zero-order valence-corrected chi connectivity index (χ0v) is 12.8. The first-order valence-corrected chi connectivity index (χ1v) is 5.72. The molecule has 0 aromatic carbocycles. The minimum Gasteiger partial charge on any atom is -0.373 e. The number of piperazine rings is 1. The number of rotatable bonds is 2. The molecule has 1 fully saturated rings. The maximum atomic E-state index is 5.95. The predicted molar refractivity (Wildman–Crippen MR) is 80.8 cm³/mol. The predicted octanol–water partition coefficient (Wildman–Crippen LogP) is 1.77. The fourth-order valence-electron chi connectivity index (χ4n) is 1.68. The lowest BCUT2D eigenvalue weighted by Crippen LogP contribution is -2.45. The zero-order valence-electron chi connectivity index (χ0n) is 10.4. The zero-order chi connectivity index (χ0) is 11.5.